The van der Waals surface area contributed by atoms with Gasteiger partial charge in [-0.3, -0.25) is 4.68 Å². The predicted octanol–water partition coefficient (Wildman–Crippen LogP) is 3.51. The maximum absolute atomic E-state index is 9.26. The van der Waals surface area contributed by atoms with Gasteiger partial charge in [0.25, 0.3) is 0 Å². The molecule has 0 amide bonds. The second kappa shape index (κ2) is 5.54. The summed E-state index contributed by atoms with van der Waals surface area (Å²) in [6.07, 6.45) is 3.51. The van der Waals surface area contributed by atoms with Crippen molar-refractivity contribution >= 4 is 15.9 Å². The van der Waals surface area contributed by atoms with E-state index in [0.717, 1.165) is 10.0 Å². The summed E-state index contributed by atoms with van der Waals surface area (Å²) in [5, 5.41) is 13.5. The monoisotopic (exact) mass is 310 g/mol. The Morgan fingerprint density at radius 2 is 2.22 bits per heavy atom. The van der Waals surface area contributed by atoms with Gasteiger partial charge in [-0.2, -0.15) is 5.10 Å². The molecule has 1 aromatic carbocycles. The van der Waals surface area contributed by atoms with Crippen molar-refractivity contribution in [3.8, 4) is 11.5 Å². The first kappa shape index (κ1) is 13.1. The summed E-state index contributed by atoms with van der Waals surface area (Å²) in [4.78, 5) is 0. The van der Waals surface area contributed by atoms with Crippen LogP contribution in [-0.4, -0.2) is 14.9 Å². The van der Waals surface area contributed by atoms with Gasteiger partial charge in [-0.1, -0.05) is 22.0 Å². The van der Waals surface area contributed by atoms with Crippen molar-refractivity contribution in [3.05, 3.63) is 40.6 Å². The largest absolute Gasteiger partial charge is 0.454 e. The van der Waals surface area contributed by atoms with Crippen LogP contribution in [0.5, 0.6) is 11.5 Å². The van der Waals surface area contributed by atoms with Gasteiger partial charge in [0.2, 0.25) is 0 Å². The molecule has 1 aromatic heterocycles. The van der Waals surface area contributed by atoms with E-state index in [9.17, 15) is 5.11 Å². The van der Waals surface area contributed by atoms with E-state index in [1.54, 1.807) is 6.20 Å². The Bertz CT molecular complexity index is 538. The number of aliphatic hydroxyl groups is 1. The van der Waals surface area contributed by atoms with E-state index in [0.29, 0.717) is 17.5 Å². The molecule has 0 aliphatic rings. The van der Waals surface area contributed by atoms with Crippen LogP contribution in [0.4, 0.5) is 0 Å². The van der Waals surface area contributed by atoms with Crippen molar-refractivity contribution in [2.45, 2.75) is 26.5 Å². The maximum atomic E-state index is 9.26. The van der Waals surface area contributed by atoms with Gasteiger partial charge in [0.1, 0.15) is 5.75 Å². The molecule has 5 heteroatoms. The SMILES string of the molecule is CC(C)n1cc(Oc2cc(Br)ccc2CO)cn1. The van der Waals surface area contributed by atoms with E-state index in [4.69, 9.17) is 4.74 Å². The molecule has 96 valence electrons. The third kappa shape index (κ3) is 2.91. The second-order valence-corrected chi connectivity index (χ2v) is 5.18. The van der Waals surface area contributed by atoms with Crippen molar-refractivity contribution in [3.63, 3.8) is 0 Å². The number of ether oxygens (including phenoxy) is 1. The number of hydrogen-bond acceptors (Lipinski definition) is 3. The zero-order valence-corrected chi connectivity index (χ0v) is 11.9. The maximum Gasteiger partial charge on any atom is 0.165 e. The minimum atomic E-state index is -0.0546. The minimum absolute atomic E-state index is 0.0546. The molecule has 0 spiro atoms. The van der Waals surface area contributed by atoms with Gasteiger partial charge in [-0.15, -0.1) is 0 Å². The molecular weight excluding hydrogens is 296 g/mol. The number of rotatable bonds is 4. The Hall–Kier alpha value is -1.33. The van der Waals surface area contributed by atoms with Gasteiger partial charge in [0.05, 0.1) is 19.0 Å². The number of benzene rings is 1. The second-order valence-electron chi connectivity index (χ2n) is 4.26. The Morgan fingerprint density at radius 3 is 2.83 bits per heavy atom. The molecule has 0 unspecified atom stereocenters. The number of aliphatic hydroxyl groups excluding tert-OH is 1. The first-order valence-electron chi connectivity index (χ1n) is 5.71. The van der Waals surface area contributed by atoms with E-state index in [-0.39, 0.29) is 6.61 Å². The molecule has 1 heterocycles. The van der Waals surface area contributed by atoms with Crippen LogP contribution in [0.25, 0.3) is 0 Å². The number of nitrogens with zero attached hydrogens (tertiary/aromatic N) is 2. The summed E-state index contributed by atoms with van der Waals surface area (Å²) in [6, 6.07) is 5.82. The van der Waals surface area contributed by atoms with Crippen LogP contribution in [0, 0.1) is 0 Å². The summed E-state index contributed by atoms with van der Waals surface area (Å²) in [5.74, 6) is 1.30. The molecule has 1 N–H and O–H groups in total. The van der Waals surface area contributed by atoms with Crippen LogP contribution in [0.1, 0.15) is 25.5 Å². The molecule has 18 heavy (non-hydrogen) atoms. The van der Waals surface area contributed by atoms with E-state index in [1.807, 2.05) is 29.1 Å². The van der Waals surface area contributed by atoms with Crippen LogP contribution in [0.2, 0.25) is 0 Å². The molecule has 2 rings (SSSR count). The molecule has 0 bridgehead atoms. The number of aromatic nitrogens is 2. The van der Waals surface area contributed by atoms with Crippen LogP contribution in [0.15, 0.2) is 35.1 Å². The summed E-state index contributed by atoms with van der Waals surface area (Å²) < 4.78 is 8.47. The van der Waals surface area contributed by atoms with Gasteiger partial charge in [-0.05, 0) is 26.0 Å². The number of halogens is 1. The highest BCUT2D eigenvalue weighted by atomic mass is 79.9. The fraction of sp³-hybridized carbons (Fsp3) is 0.308. The summed E-state index contributed by atoms with van der Waals surface area (Å²) >= 11 is 3.38. The Labute approximate surface area is 114 Å². The van der Waals surface area contributed by atoms with Crippen LogP contribution < -0.4 is 4.74 Å². The Kier molecular flexibility index (Phi) is 4.04. The van der Waals surface area contributed by atoms with E-state index in [2.05, 4.69) is 34.9 Å². The minimum Gasteiger partial charge on any atom is -0.454 e. The van der Waals surface area contributed by atoms with E-state index in [1.165, 1.54) is 0 Å². The summed E-state index contributed by atoms with van der Waals surface area (Å²) in [7, 11) is 0. The molecule has 0 atom stereocenters. The standard InChI is InChI=1S/C13H15BrN2O2/c1-9(2)16-7-12(6-15-16)18-13-5-11(14)4-3-10(13)8-17/h3-7,9,17H,8H2,1-2H3. The predicted molar refractivity (Wildman–Crippen MR) is 72.8 cm³/mol. The highest BCUT2D eigenvalue weighted by Gasteiger charge is 2.08. The van der Waals surface area contributed by atoms with Gasteiger partial charge in [0.15, 0.2) is 5.75 Å². The van der Waals surface area contributed by atoms with Gasteiger partial charge < -0.3 is 9.84 Å². The van der Waals surface area contributed by atoms with Crippen molar-refractivity contribution in [2.24, 2.45) is 0 Å². The lowest BCUT2D eigenvalue weighted by Gasteiger charge is -2.08. The third-order valence-corrected chi connectivity index (χ3v) is 3.03. The molecule has 0 fully saturated rings. The molecule has 2 aromatic rings. The van der Waals surface area contributed by atoms with Crippen molar-refractivity contribution in [2.75, 3.05) is 0 Å². The van der Waals surface area contributed by atoms with Gasteiger partial charge in [0, 0.05) is 16.1 Å². The fourth-order valence-electron chi connectivity index (χ4n) is 1.54. The average molecular weight is 311 g/mol. The lowest BCUT2D eigenvalue weighted by Crippen LogP contribution is -1.99. The molecule has 4 nitrogen and oxygen atoms in total. The van der Waals surface area contributed by atoms with Crippen LogP contribution in [-0.2, 0) is 6.61 Å². The number of hydrogen-bond donors (Lipinski definition) is 1. The molecule has 0 saturated carbocycles. The molecule has 0 radical (unpaired) electrons. The van der Waals surface area contributed by atoms with E-state index < -0.39 is 0 Å². The third-order valence-electron chi connectivity index (χ3n) is 2.53. The molecule has 0 aliphatic heterocycles. The fourth-order valence-corrected chi connectivity index (χ4v) is 1.88. The zero-order chi connectivity index (χ0) is 13.1. The first-order valence-corrected chi connectivity index (χ1v) is 6.50. The molecule has 0 aliphatic carbocycles. The van der Waals surface area contributed by atoms with Crippen LogP contribution in [0.3, 0.4) is 0 Å². The van der Waals surface area contributed by atoms with Crippen molar-refractivity contribution in [1.29, 1.82) is 0 Å². The lowest BCUT2D eigenvalue weighted by molar-refractivity contribution is 0.276. The average Bonchev–Trinajstić information content (AvgIpc) is 2.78. The van der Waals surface area contributed by atoms with Crippen molar-refractivity contribution < 1.29 is 9.84 Å². The Balaban J connectivity index is 2.24. The molecular formula is C13H15BrN2O2. The van der Waals surface area contributed by atoms with Gasteiger partial charge >= 0.3 is 0 Å². The van der Waals surface area contributed by atoms with E-state index >= 15 is 0 Å². The zero-order valence-electron chi connectivity index (χ0n) is 10.3. The summed E-state index contributed by atoms with van der Waals surface area (Å²) in [6.45, 7) is 4.05. The van der Waals surface area contributed by atoms with Crippen LogP contribution >= 0.6 is 15.9 Å². The quantitative estimate of drug-likeness (QED) is 0.940. The molecule has 0 saturated heterocycles. The normalized spacial score (nSPS) is 10.9. The first-order chi connectivity index (χ1) is 8.60. The summed E-state index contributed by atoms with van der Waals surface area (Å²) in [5.41, 5.74) is 0.746. The Morgan fingerprint density at radius 1 is 1.44 bits per heavy atom. The van der Waals surface area contributed by atoms with Crippen molar-refractivity contribution in [1.82, 2.24) is 9.78 Å². The highest BCUT2D eigenvalue weighted by molar-refractivity contribution is 9.10. The van der Waals surface area contributed by atoms with Gasteiger partial charge in [-0.25, -0.2) is 0 Å². The lowest BCUT2D eigenvalue weighted by atomic mass is 10.2. The topological polar surface area (TPSA) is 47.3 Å². The highest BCUT2D eigenvalue weighted by Crippen LogP contribution is 2.28. The smallest absolute Gasteiger partial charge is 0.165 e.